The maximum atomic E-state index is 5.67. The zero-order chi connectivity index (χ0) is 12.4. The van der Waals surface area contributed by atoms with Gasteiger partial charge in [0.2, 0.25) is 0 Å². The molecule has 1 aliphatic rings. The summed E-state index contributed by atoms with van der Waals surface area (Å²) in [5.74, 6) is 6.98. The molecule has 1 fully saturated rings. The minimum atomic E-state index is -0.102. The van der Waals surface area contributed by atoms with E-state index in [9.17, 15) is 0 Å². The van der Waals surface area contributed by atoms with Gasteiger partial charge in [-0.3, -0.25) is 10.5 Å². The average molecular weight is 240 g/mol. The van der Waals surface area contributed by atoms with E-state index >= 15 is 0 Å². The molecule has 0 spiro atoms. The third-order valence-electron chi connectivity index (χ3n) is 3.33. The Hall–Kier alpha value is -1.11. The lowest BCUT2D eigenvalue weighted by atomic mass is 10.0. The van der Waals surface area contributed by atoms with Crippen molar-refractivity contribution in [3.63, 3.8) is 0 Å². The molecule has 2 unspecified atom stereocenters. The van der Waals surface area contributed by atoms with Crippen molar-refractivity contribution in [2.24, 2.45) is 18.8 Å². The molecule has 2 atom stereocenters. The van der Waals surface area contributed by atoms with Crippen molar-refractivity contribution in [2.45, 2.75) is 25.0 Å². The first-order valence-electron chi connectivity index (χ1n) is 5.77. The van der Waals surface area contributed by atoms with Gasteiger partial charge in [-0.05, 0) is 18.8 Å². The van der Waals surface area contributed by atoms with Gasteiger partial charge in [-0.15, -0.1) is 0 Å². The number of hydrazine groups is 1. The lowest BCUT2D eigenvalue weighted by molar-refractivity contribution is 0.0474. The zero-order valence-electron chi connectivity index (χ0n) is 10.5. The normalized spacial score (nSPS) is 19.1. The second-order valence-corrected chi connectivity index (χ2v) is 4.40. The predicted octanol–water partition coefficient (Wildman–Crippen LogP) is 0.358. The van der Waals surface area contributed by atoms with Crippen molar-refractivity contribution in [1.82, 2.24) is 15.2 Å². The summed E-state index contributed by atoms with van der Waals surface area (Å²) in [5.41, 5.74) is 3.75. The first-order valence-corrected chi connectivity index (χ1v) is 5.77. The summed E-state index contributed by atoms with van der Waals surface area (Å²) in [6.07, 6.45) is 4.14. The third kappa shape index (κ3) is 2.29. The Morgan fingerprint density at radius 2 is 2.24 bits per heavy atom. The van der Waals surface area contributed by atoms with Crippen LogP contribution in [0.1, 0.15) is 24.6 Å². The van der Waals surface area contributed by atoms with Crippen molar-refractivity contribution in [1.29, 1.82) is 0 Å². The van der Waals surface area contributed by atoms with Crippen LogP contribution in [0, 0.1) is 5.92 Å². The lowest BCUT2D eigenvalue weighted by Crippen LogP contribution is -2.40. The number of ether oxygens (including phenoxy) is 2. The summed E-state index contributed by atoms with van der Waals surface area (Å²) < 4.78 is 12.7. The summed E-state index contributed by atoms with van der Waals surface area (Å²) in [4.78, 5) is 0. The molecule has 1 aromatic heterocycles. The quantitative estimate of drug-likeness (QED) is 0.554. The van der Waals surface area contributed by atoms with Crippen molar-refractivity contribution in [3.05, 3.63) is 11.9 Å². The number of aryl methyl sites for hydroxylation is 1. The van der Waals surface area contributed by atoms with Crippen LogP contribution < -0.4 is 16.0 Å². The molecule has 0 amide bonds. The van der Waals surface area contributed by atoms with Crippen molar-refractivity contribution in [2.75, 3.05) is 14.2 Å². The first kappa shape index (κ1) is 12.3. The number of hydrogen-bond acceptors (Lipinski definition) is 5. The molecular formula is C11H20N4O2. The molecular weight excluding hydrogens is 220 g/mol. The average Bonchev–Trinajstić information content (AvgIpc) is 3.10. The molecule has 17 heavy (non-hydrogen) atoms. The molecule has 1 aromatic rings. The minimum Gasteiger partial charge on any atom is -0.493 e. The maximum absolute atomic E-state index is 5.67. The SMILES string of the molecule is COc1cnn(C)c1C(NN)C(OC)C1CC1. The monoisotopic (exact) mass is 240 g/mol. The van der Waals surface area contributed by atoms with Crippen LogP contribution in [-0.2, 0) is 11.8 Å². The van der Waals surface area contributed by atoms with Gasteiger partial charge < -0.3 is 9.47 Å². The highest BCUT2D eigenvalue weighted by molar-refractivity contribution is 5.29. The van der Waals surface area contributed by atoms with E-state index < -0.39 is 0 Å². The number of rotatable bonds is 6. The Morgan fingerprint density at radius 3 is 2.71 bits per heavy atom. The van der Waals surface area contributed by atoms with Crippen molar-refractivity contribution < 1.29 is 9.47 Å². The largest absolute Gasteiger partial charge is 0.493 e. The molecule has 6 heteroatoms. The Kier molecular flexibility index (Phi) is 3.66. The van der Waals surface area contributed by atoms with E-state index in [0.717, 1.165) is 11.4 Å². The van der Waals surface area contributed by atoms with Gasteiger partial charge in [0.25, 0.3) is 0 Å². The van der Waals surface area contributed by atoms with Gasteiger partial charge in [0.15, 0.2) is 5.75 Å². The maximum Gasteiger partial charge on any atom is 0.161 e. The molecule has 0 radical (unpaired) electrons. The fourth-order valence-corrected chi connectivity index (χ4v) is 2.29. The summed E-state index contributed by atoms with van der Waals surface area (Å²) in [6, 6.07) is -0.102. The van der Waals surface area contributed by atoms with Crippen LogP contribution >= 0.6 is 0 Å². The highest BCUT2D eigenvalue weighted by Gasteiger charge is 2.39. The van der Waals surface area contributed by atoms with E-state index in [1.54, 1.807) is 25.1 Å². The van der Waals surface area contributed by atoms with Crippen LogP contribution in [0.3, 0.4) is 0 Å². The highest BCUT2D eigenvalue weighted by Crippen LogP contribution is 2.41. The predicted molar refractivity (Wildman–Crippen MR) is 63.3 cm³/mol. The summed E-state index contributed by atoms with van der Waals surface area (Å²) in [6.45, 7) is 0. The number of hydrogen-bond donors (Lipinski definition) is 2. The van der Waals surface area contributed by atoms with Gasteiger partial charge in [0, 0.05) is 14.2 Å². The highest BCUT2D eigenvalue weighted by atomic mass is 16.5. The molecule has 0 saturated heterocycles. The third-order valence-corrected chi connectivity index (χ3v) is 3.33. The second-order valence-electron chi connectivity index (χ2n) is 4.40. The molecule has 1 heterocycles. The van der Waals surface area contributed by atoms with Crippen LogP contribution in [-0.4, -0.2) is 30.1 Å². The number of nitrogens with one attached hydrogen (secondary N) is 1. The fourth-order valence-electron chi connectivity index (χ4n) is 2.29. The minimum absolute atomic E-state index is 0.0595. The van der Waals surface area contributed by atoms with Crippen molar-refractivity contribution >= 4 is 0 Å². The smallest absolute Gasteiger partial charge is 0.161 e. The van der Waals surface area contributed by atoms with Crippen LogP contribution in [0.4, 0.5) is 0 Å². The molecule has 0 bridgehead atoms. The van der Waals surface area contributed by atoms with E-state index in [1.807, 2.05) is 7.05 Å². The van der Waals surface area contributed by atoms with Gasteiger partial charge in [-0.1, -0.05) is 0 Å². The van der Waals surface area contributed by atoms with Crippen LogP contribution in [0.2, 0.25) is 0 Å². The van der Waals surface area contributed by atoms with Gasteiger partial charge in [-0.25, -0.2) is 5.43 Å². The summed E-state index contributed by atoms with van der Waals surface area (Å²) in [5, 5.41) is 4.19. The van der Waals surface area contributed by atoms with Gasteiger partial charge >= 0.3 is 0 Å². The summed E-state index contributed by atoms with van der Waals surface area (Å²) in [7, 11) is 5.23. The van der Waals surface area contributed by atoms with E-state index in [2.05, 4.69) is 10.5 Å². The van der Waals surface area contributed by atoms with Gasteiger partial charge in [0.05, 0.1) is 25.5 Å². The molecule has 96 valence electrons. The Labute approximate surface area is 101 Å². The molecule has 2 rings (SSSR count). The lowest BCUT2D eigenvalue weighted by Gasteiger charge is -2.26. The van der Waals surface area contributed by atoms with E-state index in [0.29, 0.717) is 5.92 Å². The number of aromatic nitrogens is 2. The van der Waals surface area contributed by atoms with Crippen LogP contribution in [0.25, 0.3) is 0 Å². The van der Waals surface area contributed by atoms with Gasteiger partial charge in [0.1, 0.15) is 5.69 Å². The van der Waals surface area contributed by atoms with E-state index in [4.69, 9.17) is 15.3 Å². The Balaban J connectivity index is 2.29. The van der Waals surface area contributed by atoms with E-state index in [1.165, 1.54) is 12.8 Å². The fraction of sp³-hybridized carbons (Fsp3) is 0.727. The van der Waals surface area contributed by atoms with Crippen LogP contribution in [0.15, 0.2) is 6.20 Å². The van der Waals surface area contributed by atoms with E-state index in [-0.39, 0.29) is 12.1 Å². The molecule has 1 saturated carbocycles. The Bertz CT molecular complexity index is 376. The molecule has 3 N–H and O–H groups in total. The molecule has 6 nitrogen and oxygen atoms in total. The molecule has 1 aliphatic carbocycles. The van der Waals surface area contributed by atoms with Crippen molar-refractivity contribution in [3.8, 4) is 5.75 Å². The standard InChI is InChI=1S/C11H20N4O2/c1-15-10(8(16-2)6-13-15)9(14-12)11(17-3)7-4-5-7/h6-7,9,11,14H,4-5,12H2,1-3H3. The molecule has 0 aliphatic heterocycles. The zero-order valence-corrected chi connectivity index (χ0v) is 10.5. The number of nitrogens with two attached hydrogens (primary N) is 1. The first-order chi connectivity index (χ1) is 8.22. The van der Waals surface area contributed by atoms with Gasteiger partial charge in [-0.2, -0.15) is 5.10 Å². The Morgan fingerprint density at radius 1 is 1.53 bits per heavy atom. The number of nitrogens with zero attached hydrogens (tertiary/aromatic N) is 2. The second kappa shape index (κ2) is 5.03. The van der Waals surface area contributed by atoms with Crippen LogP contribution in [0.5, 0.6) is 5.75 Å². The number of methoxy groups -OCH3 is 2. The topological polar surface area (TPSA) is 74.3 Å². The molecule has 0 aromatic carbocycles. The summed E-state index contributed by atoms with van der Waals surface area (Å²) >= 11 is 0.